The Morgan fingerprint density at radius 2 is 1.88 bits per heavy atom. The van der Waals surface area contributed by atoms with Crippen molar-refractivity contribution in [1.29, 1.82) is 0 Å². The van der Waals surface area contributed by atoms with E-state index < -0.39 is 23.8 Å². The lowest BCUT2D eigenvalue weighted by molar-refractivity contribution is -0.151. The molecule has 1 aromatic rings. The lowest BCUT2D eigenvalue weighted by atomic mass is 9.69. The number of hydrogen-bond donors (Lipinski definition) is 1. The van der Waals surface area contributed by atoms with Gasteiger partial charge in [0.05, 0.1) is 39.4 Å². The molecule has 0 saturated heterocycles. The summed E-state index contributed by atoms with van der Waals surface area (Å²) in [5, 5.41) is 3.24. The molecular formula is C25H31NO7. The van der Waals surface area contributed by atoms with E-state index in [1.807, 2.05) is 13.8 Å². The Morgan fingerprint density at radius 1 is 1.15 bits per heavy atom. The number of allylic oxidation sites excluding steroid dienone is 3. The van der Waals surface area contributed by atoms with Gasteiger partial charge in [-0.1, -0.05) is 19.9 Å². The van der Waals surface area contributed by atoms with E-state index >= 15 is 0 Å². The van der Waals surface area contributed by atoms with Gasteiger partial charge in [0.25, 0.3) is 0 Å². The molecule has 3 rings (SSSR count). The van der Waals surface area contributed by atoms with Crippen LogP contribution in [0.4, 0.5) is 0 Å². The van der Waals surface area contributed by atoms with Crippen molar-refractivity contribution < 1.29 is 33.3 Å². The van der Waals surface area contributed by atoms with Crippen LogP contribution in [0.25, 0.3) is 0 Å². The van der Waals surface area contributed by atoms with Crippen molar-refractivity contribution >= 4 is 17.7 Å². The maximum Gasteiger partial charge on any atom is 0.336 e. The van der Waals surface area contributed by atoms with Gasteiger partial charge in [-0.25, -0.2) is 4.79 Å². The highest BCUT2D eigenvalue weighted by Gasteiger charge is 2.47. The number of dihydropyridines is 1. The fourth-order valence-corrected chi connectivity index (χ4v) is 4.59. The number of carbonyl (C=O) groups excluding carboxylic acids is 3. The van der Waals surface area contributed by atoms with Crippen LogP contribution < -0.4 is 14.8 Å². The molecule has 0 saturated carbocycles. The zero-order valence-corrected chi connectivity index (χ0v) is 19.9. The van der Waals surface area contributed by atoms with Gasteiger partial charge in [0.15, 0.2) is 5.78 Å². The van der Waals surface area contributed by atoms with Crippen molar-refractivity contribution in [3.8, 4) is 11.5 Å². The van der Waals surface area contributed by atoms with Crippen LogP contribution in [0.3, 0.4) is 0 Å². The Kier molecular flexibility index (Phi) is 7.46. The second-order valence-corrected chi connectivity index (χ2v) is 8.28. The van der Waals surface area contributed by atoms with Crippen molar-refractivity contribution in [3.63, 3.8) is 0 Å². The third-order valence-electron chi connectivity index (χ3n) is 6.15. The second kappa shape index (κ2) is 10.1. The lowest BCUT2D eigenvalue weighted by Crippen LogP contribution is -2.43. The van der Waals surface area contributed by atoms with E-state index in [4.69, 9.17) is 18.9 Å². The Hall–Kier alpha value is -3.29. The normalized spacial score (nSPS) is 22.4. The molecule has 33 heavy (non-hydrogen) atoms. The van der Waals surface area contributed by atoms with Crippen LogP contribution in [0.15, 0.2) is 40.7 Å². The zero-order valence-electron chi connectivity index (χ0n) is 19.9. The van der Waals surface area contributed by atoms with Gasteiger partial charge in [0, 0.05) is 28.6 Å². The summed E-state index contributed by atoms with van der Waals surface area (Å²) < 4.78 is 21.3. The molecule has 1 aromatic carbocycles. The fraction of sp³-hybridized carbons (Fsp3) is 0.480. The Morgan fingerprint density at radius 3 is 2.48 bits per heavy atom. The van der Waals surface area contributed by atoms with Crippen LogP contribution in [0.2, 0.25) is 0 Å². The number of hydrogen-bond acceptors (Lipinski definition) is 8. The minimum absolute atomic E-state index is 0.254. The van der Waals surface area contributed by atoms with Crippen LogP contribution in [0, 0.1) is 11.8 Å². The predicted molar refractivity (Wildman–Crippen MR) is 121 cm³/mol. The molecule has 0 bridgehead atoms. The van der Waals surface area contributed by atoms with E-state index in [0.717, 1.165) is 0 Å². The third-order valence-corrected chi connectivity index (χ3v) is 6.15. The minimum Gasteiger partial charge on any atom is -0.497 e. The summed E-state index contributed by atoms with van der Waals surface area (Å²) in [5.41, 5.74) is 2.59. The van der Waals surface area contributed by atoms with Gasteiger partial charge < -0.3 is 24.3 Å². The van der Waals surface area contributed by atoms with Crippen LogP contribution in [-0.2, 0) is 23.9 Å². The van der Waals surface area contributed by atoms with E-state index in [1.165, 1.54) is 14.2 Å². The number of ketones is 1. The standard InChI is InChI=1S/C25H31NO7/c1-7-10-33-25(29)20-14(3)26-17-11-13(2)19(24(28)32-6)23(27)22(17)21(20)16-9-8-15(30-4)12-18(16)31-5/h8-9,12-13,19,21,26H,7,10-11H2,1-6H3/t13-,19+,21+/m0/s1. The average Bonchev–Trinajstić information content (AvgIpc) is 2.80. The minimum atomic E-state index is -0.950. The topological polar surface area (TPSA) is 100 Å². The molecule has 2 aliphatic rings. The first-order valence-electron chi connectivity index (χ1n) is 11.0. The summed E-state index contributed by atoms with van der Waals surface area (Å²) in [6.45, 7) is 5.80. The molecule has 0 aromatic heterocycles. The Balaban J connectivity index is 2.23. The van der Waals surface area contributed by atoms with Gasteiger partial charge in [-0.15, -0.1) is 0 Å². The average molecular weight is 458 g/mol. The number of rotatable bonds is 7. The van der Waals surface area contributed by atoms with Crippen molar-refractivity contribution in [1.82, 2.24) is 5.32 Å². The molecule has 8 heteroatoms. The maximum absolute atomic E-state index is 13.7. The monoisotopic (exact) mass is 457 g/mol. The van der Waals surface area contributed by atoms with Gasteiger partial charge >= 0.3 is 11.9 Å². The van der Waals surface area contributed by atoms with E-state index in [1.54, 1.807) is 32.2 Å². The summed E-state index contributed by atoms with van der Waals surface area (Å²) in [6, 6.07) is 5.23. The number of methoxy groups -OCH3 is 3. The number of esters is 2. The summed E-state index contributed by atoms with van der Waals surface area (Å²) in [4.78, 5) is 39.4. The molecule has 1 aliphatic carbocycles. The number of ether oxygens (including phenoxy) is 4. The van der Waals surface area contributed by atoms with Gasteiger partial charge in [-0.3, -0.25) is 9.59 Å². The smallest absolute Gasteiger partial charge is 0.336 e. The first kappa shape index (κ1) is 24.4. The molecule has 1 aliphatic heterocycles. The largest absolute Gasteiger partial charge is 0.497 e. The molecule has 1 heterocycles. The molecule has 8 nitrogen and oxygen atoms in total. The number of benzene rings is 1. The number of carbonyl (C=O) groups is 3. The molecule has 3 atom stereocenters. The van der Waals surface area contributed by atoms with E-state index in [9.17, 15) is 14.4 Å². The Bertz CT molecular complexity index is 1020. The molecule has 178 valence electrons. The van der Waals surface area contributed by atoms with E-state index in [0.29, 0.717) is 52.4 Å². The molecule has 0 fully saturated rings. The fourth-order valence-electron chi connectivity index (χ4n) is 4.59. The highest BCUT2D eigenvalue weighted by atomic mass is 16.5. The highest BCUT2D eigenvalue weighted by Crippen LogP contribution is 2.48. The maximum atomic E-state index is 13.7. The predicted octanol–water partition coefficient (Wildman–Crippen LogP) is 3.27. The first-order chi connectivity index (χ1) is 15.8. The van der Waals surface area contributed by atoms with Crippen LogP contribution in [0.5, 0.6) is 11.5 Å². The summed E-state index contributed by atoms with van der Waals surface area (Å²) in [6.07, 6.45) is 1.13. The third kappa shape index (κ3) is 4.47. The molecule has 0 spiro atoms. The van der Waals surface area contributed by atoms with Gasteiger partial charge in [-0.2, -0.15) is 0 Å². The van der Waals surface area contributed by atoms with Crippen molar-refractivity contribution in [2.24, 2.45) is 11.8 Å². The molecule has 1 N–H and O–H groups in total. The molecule has 0 amide bonds. The molecule has 0 unspecified atom stereocenters. The zero-order chi connectivity index (χ0) is 24.3. The van der Waals surface area contributed by atoms with Crippen LogP contribution in [-0.4, -0.2) is 45.7 Å². The van der Waals surface area contributed by atoms with E-state index in [-0.39, 0.29) is 18.3 Å². The first-order valence-corrected chi connectivity index (χ1v) is 11.0. The SMILES string of the molecule is CCCOC(=O)C1=C(C)NC2=C(C(=O)[C@H](C(=O)OC)[C@@H](C)C2)[C@@H]1c1ccc(OC)cc1OC. The van der Waals surface area contributed by atoms with Crippen LogP contribution in [0.1, 0.15) is 45.1 Å². The van der Waals surface area contributed by atoms with E-state index in [2.05, 4.69) is 5.32 Å². The van der Waals surface area contributed by atoms with Crippen LogP contribution >= 0.6 is 0 Å². The molecular weight excluding hydrogens is 426 g/mol. The highest BCUT2D eigenvalue weighted by molar-refractivity contribution is 6.12. The molecule has 0 radical (unpaired) electrons. The van der Waals surface area contributed by atoms with Gasteiger partial charge in [0.2, 0.25) is 0 Å². The number of Topliss-reactive ketones (excluding diaryl/α,β-unsaturated/α-hetero) is 1. The summed E-state index contributed by atoms with van der Waals surface area (Å²) in [5.74, 6) is -2.39. The summed E-state index contributed by atoms with van der Waals surface area (Å²) >= 11 is 0. The quantitative estimate of drug-likeness (QED) is 0.492. The van der Waals surface area contributed by atoms with Crippen molar-refractivity contribution in [3.05, 3.63) is 46.3 Å². The second-order valence-electron chi connectivity index (χ2n) is 8.28. The van der Waals surface area contributed by atoms with Gasteiger partial charge in [-0.05, 0) is 31.7 Å². The summed E-state index contributed by atoms with van der Waals surface area (Å²) in [7, 11) is 4.33. The van der Waals surface area contributed by atoms with Crippen molar-refractivity contribution in [2.75, 3.05) is 27.9 Å². The van der Waals surface area contributed by atoms with Gasteiger partial charge in [0.1, 0.15) is 17.4 Å². The number of nitrogens with one attached hydrogen (secondary N) is 1. The lowest BCUT2D eigenvalue weighted by Gasteiger charge is -2.38. The Labute approximate surface area is 193 Å². The van der Waals surface area contributed by atoms with Crippen molar-refractivity contribution in [2.45, 2.75) is 39.5 Å².